The first-order valence-electron chi connectivity index (χ1n) is 7.01. The minimum absolute atomic E-state index is 0.0234. The Balaban J connectivity index is 2.27. The van der Waals surface area contributed by atoms with Crippen LogP contribution < -0.4 is 14.2 Å². The Morgan fingerprint density at radius 2 is 1.75 bits per heavy atom. The summed E-state index contributed by atoms with van der Waals surface area (Å²) >= 11 is 6.13. The van der Waals surface area contributed by atoms with Crippen molar-refractivity contribution in [2.24, 2.45) is 0 Å². The molecule has 5 nitrogen and oxygen atoms in total. The minimum atomic E-state index is -0.237. The number of hydrogen-bond donors (Lipinski definition) is 1. The summed E-state index contributed by atoms with van der Waals surface area (Å²) in [5, 5.41) is 9.95. The maximum absolute atomic E-state index is 12.2. The van der Waals surface area contributed by atoms with Gasteiger partial charge in [0.2, 0.25) is 0 Å². The number of allylic oxidation sites excluding steroid dienone is 1. The third-order valence-corrected chi connectivity index (χ3v) is 3.63. The zero-order valence-electron chi connectivity index (χ0n) is 13.5. The van der Waals surface area contributed by atoms with Crippen molar-refractivity contribution in [3.8, 4) is 23.0 Å². The van der Waals surface area contributed by atoms with Crippen LogP contribution in [0.5, 0.6) is 23.0 Å². The monoisotopic (exact) mass is 348 g/mol. The molecule has 0 aliphatic heterocycles. The number of rotatable bonds is 6. The topological polar surface area (TPSA) is 65.0 Å². The first-order chi connectivity index (χ1) is 11.5. The molecule has 0 unspecified atom stereocenters. The average Bonchev–Trinajstić information content (AvgIpc) is 2.59. The second-order valence-corrected chi connectivity index (χ2v) is 5.23. The van der Waals surface area contributed by atoms with Gasteiger partial charge in [-0.05, 0) is 42.0 Å². The predicted octanol–water partition coefficient (Wildman–Crippen LogP) is 3.97. The van der Waals surface area contributed by atoms with E-state index < -0.39 is 0 Å². The number of halogens is 1. The minimum Gasteiger partial charge on any atom is -0.504 e. The molecule has 126 valence electrons. The Morgan fingerprint density at radius 3 is 2.38 bits per heavy atom. The van der Waals surface area contributed by atoms with Gasteiger partial charge in [0.1, 0.15) is 0 Å². The van der Waals surface area contributed by atoms with Gasteiger partial charge in [0.25, 0.3) is 0 Å². The van der Waals surface area contributed by atoms with Gasteiger partial charge >= 0.3 is 0 Å². The number of phenolic OH excluding ortho intramolecular Hbond substituents is 1. The second kappa shape index (κ2) is 7.75. The lowest BCUT2D eigenvalue weighted by Gasteiger charge is -2.10. The molecule has 0 fully saturated rings. The first kappa shape index (κ1) is 17.7. The molecular weight excluding hydrogens is 332 g/mol. The van der Waals surface area contributed by atoms with Crippen LogP contribution in [0.1, 0.15) is 15.9 Å². The quantitative estimate of drug-likeness (QED) is 0.632. The maximum Gasteiger partial charge on any atom is 0.185 e. The predicted molar refractivity (Wildman–Crippen MR) is 92.6 cm³/mol. The van der Waals surface area contributed by atoms with Crippen LogP contribution in [0.15, 0.2) is 36.4 Å². The van der Waals surface area contributed by atoms with Gasteiger partial charge in [0.05, 0.1) is 26.4 Å². The lowest BCUT2D eigenvalue weighted by atomic mass is 10.1. The molecule has 0 aliphatic rings. The third-order valence-electron chi connectivity index (χ3n) is 3.35. The van der Waals surface area contributed by atoms with Crippen molar-refractivity contribution in [1.29, 1.82) is 0 Å². The summed E-state index contributed by atoms with van der Waals surface area (Å²) in [5.41, 5.74) is 1.09. The number of carbonyl (C=O) groups excluding carboxylic acids is 1. The molecule has 0 saturated carbocycles. The molecule has 0 saturated heterocycles. The molecule has 0 amide bonds. The van der Waals surface area contributed by atoms with Gasteiger partial charge in [-0.25, -0.2) is 0 Å². The van der Waals surface area contributed by atoms with Crippen LogP contribution in [0.2, 0.25) is 5.02 Å². The van der Waals surface area contributed by atoms with E-state index in [0.717, 1.165) is 0 Å². The average molecular weight is 349 g/mol. The number of aromatic hydroxyl groups is 1. The van der Waals surface area contributed by atoms with Gasteiger partial charge in [0, 0.05) is 5.56 Å². The molecule has 6 heteroatoms. The number of carbonyl (C=O) groups is 1. The zero-order valence-corrected chi connectivity index (χ0v) is 14.3. The Hall–Kier alpha value is -2.66. The smallest absolute Gasteiger partial charge is 0.185 e. The normalized spacial score (nSPS) is 10.7. The molecule has 1 N–H and O–H groups in total. The van der Waals surface area contributed by atoms with Crippen LogP contribution in [-0.2, 0) is 0 Å². The fourth-order valence-electron chi connectivity index (χ4n) is 2.13. The Kier molecular flexibility index (Phi) is 5.71. The molecule has 2 aromatic rings. The lowest BCUT2D eigenvalue weighted by molar-refractivity contribution is 0.104. The summed E-state index contributed by atoms with van der Waals surface area (Å²) in [6.45, 7) is 0. The van der Waals surface area contributed by atoms with E-state index in [0.29, 0.717) is 27.6 Å². The van der Waals surface area contributed by atoms with E-state index in [9.17, 15) is 9.90 Å². The summed E-state index contributed by atoms with van der Waals surface area (Å²) < 4.78 is 15.4. The Bertz CT molecular complexity index is 783. The highest BCUT2D eigenvalue weighted by atomic mass is 35.5. The van der Waals surface area contributed by atoms with Crippen LogP contribution in [0, 0.1) is 0 Å². The van der Waals surface area contributed by atoms with E-state index >= 15 is 0 Å². The molecule has 2 aromatic carbocycles. The van der Waals surface area contributed by atoms with Crippen LogP contribution >= 0.6 is 11.6 Å². The van der Waals surface area contributed by atoms with Gasteiger partial charge in [-0.3, -0.25) is 4.79 Å². The van der Waals surface area contributed by atoms with E-state index in [1.165, 1.54) is 45.6 Å². The fraction of sp³-hybridized carbons (Fsp3) is 0.167. The highest BCUT2D eigenvalue weighted by molar-refractivity contribution is 6.32. The summed E-state index contributed by atoms with van der Waals surface area (Å²) in [5.74, 6) is 0.890. The van der Waals surface area contributed by atoms with E-state index in [2.05, 4.69) is 0 Å². The standard InChI is InChI=1S/C18H17ClO5/c1-22-16-10-12(5-7-15(16)21)14(20)6-4-11-8-13(19)18(24-3)17(9-11)23-2/h4-10,21H,1-3H3/b6-4+. The van der Waals surface area contributed by atoms with Crippen LogP contribution in [0.25, 0.3) is 6.08 Å². The van der Waals surface area contributed by atoms with Gasteiger partial charge in [-0.15, -0.1) is 0 Å². The molecule has 0 radical (unpaired) electrons. The van der Waals surface area contributed by atoms with Crippen LogP contribution in [-0.4, -0.2) is 32.2 Å². The van der Waals surface area contributed by atoms with E-state index in [-0.39, 0.29) is 17.3 Å². The molecule has 2 rings (SSSR count). The first-order valence-corrected chi connectivity index (χ1v) is 7.39. The molecule has 0 bridgehead atoms. The van der Waals surface area contributed by atoms with Crippen molar-refractivity contribution >= 4 is 23.5 Å². The van der Waals surface area contributed by atoms with Crippen LogP contribution in [0.4, 0.5) is 0 Å². The summed E-state index contributed by atoms with van der Waals surface area (Å²) in [4.78, 5) is 12.2. The maximum atomic E-state index is 12.2. The van der Waals surface area contributed by atoms with Crippen LogP contribution in [0.3, 0.4) is 0 Å². The zero-order chi connectivity index (χ0) is 17.7. The van der Waals surface area contributed by atoms with Crippen molar-refractivity contribution in [2.45, 2.75) is 0 Å². The van der Waals surface area contributed by atoms with Gasteiger partial charge < -0.3 is 19.3 Å². The third kappa shape index (κ3) is 3.81. The van der Waals surface area contributed by atoms with Gasteiger partial charge in [0.15, 0.2) is 28.8 Å². The van der Waals surface area contributed by atoms with Crippen molar-refractivity contribution in [3.63, 3.8) is 0 Å². The number of hydrogen-bond acceptors (Lipinski definition) is 5. The summed E-state index contributed by atoms with van der Waals surface area (Å²) in [6.07, 6.45) is 3.03. The highest BCUT2D eigenvalue weighted by Gasteiger charge is 2.11. The van der Waals surface area contributed by atoms with Gasteiger partial charge in [-0.1, -0.05) is 17.7 Å². The molecule has 0 spiro atoms. The highest BCUT2D eigenvalue weighted by Crippen LogP contribution is 2.36. The molecule has 0 atom stereocenters. The molecule has 0 aromatic heterocycles. The number of ether oxygens (including phenoxy) is 3. The fourth-order valence-corrected chi connectivity index (χ4v) is 2.43. The Labute approximate surface area is 145 Å². The second-order valence-electron chi connectivity index (χ2n) is 4.82. The molecular formula is C18H17ClO5. The number of phenols is 1. The van der Waals surface area contributed by atoms with E-state index in [1.807, 2.05) is 0 Å². The molecule has 24 heavy (non-hydrogen) atoms. The Morgan fingerprint density at radius 1 is 1.04 bits per heavy atom. The van der Waals surface area contributed by atoms with Crippen molar-refractivity contribution < 1.29 is 24.1 Å². The number of benzene rings is 2. The number of methoxy groups -OCH3 is 3. The van der Waals surface area contributed by atoms with E-state index in [4.69, 9.17) is 25.8 Å². The number of ketones is 1. The summed E-state index contributed by atoms with van der Waals surface area (Å²) in [6, 6.07) is 7.79. The summed E-state index contributed by atoms with van der Waals surface area (Å²) in [7, 11) is 4.43. The van der Waals surface area contributed by atoms with Crippen molar-refractivity contribution in [2.75, 3.05) is 21.3 Å². The van der Waals surface area contributed by atoms with Crippen molar-refractivity contribution in [3.05, 3.63) is 52.6 Å². The lowest BCUT2D eigenvalue weighted by Crippen LogP contribution is -1.96. The van der Waals surface area contributed by atoms with Crippen molar-refractivity contribution in [1.82, 2.24) is 0 Å². The largest absolute Gasteiger partial charge is 0.504 e. The molecule has 0 aliphatic carbocycles. The van der Waals surface area contributed by atoms with Gasteiger partial charge in [-0.2, -0.15) is 0 Å². The molecule has 0 heterocycles. The SMILES string of the molecule is COc1cc(C(=O)/C=C/c2cc(Cl)c(OC)c(OC)c2)ccc1O. The van der Waals surface area contributed by atoms with E-state index in [1.54, 1.807) is 18.2 Å².